The van der Waals surface area contributed by atoms with Crippen molar-refractivity contribution in [1.29, 1.82) is 0 Å². The van der Waals surface area contributed by atoms with Crippen LogP contribution in [0.25, 0.3) is 0 Å². The van der Waals surface area contributed by atoms with E-state index in [9.17, 15) is 9.59 Å². The van der Waals surface area contributed by atoms with Crippen LogP contribution >= 0.6 is 11.8 Å². The molecule has 1 saturated heterocycles. The third-order valence-corrected chi connectivity index (χ3v) is 4.41. The Morgan fingerprint density at radius 2 is 2.47 bits per heavy atom. The van der Waals surface area contributed by atoms with Crippen LogP contribution in [-0.2, 0) is 22.6 Å². The number of imidazole rings is 1. The molecule has 0 aromatic carbocycles. The summed E-state index contributed by atoms with van der Waals surface area (Å²) in [6.07, 6.45) is 5.52. The van der Waals surface area contributed by atoms with Gasteiger partial charge in [0.2, 0.25) is 11.8 Å². The molecule has 1 atom stereocenters. The molecule has 0 bridgehead atoms. The molecule has 2 amide bonds. The van der Waals surface area contributed by atoms with Gasteiger partial charge in [-0.3, -0.25) is 9.59 Å². The standard InChI is InChI=1S/C12H16N4O2S/c17-11(6-16-8-19-7-12(16)18)14-9-1-2-10-13-3-4-15(10)5-9/h3-4,9H,1-2,5-8H2,(H,14,17). The summed E-state index contributed by atoms with van der Waals surface area (Å²) in [6, 6.07) is 0.138. The fraction of sp³-hybridized carbons (Fsp3) is 0.583. The molecule has 1 fully saturated rings. The van der Waals surface area contributed by atoms with E-state index >= 15 is 0 Å². The van der Waals surface area contributed by atoms with E-state index in [1.165, 1.54) is 0 Å². The van der Waals surface area contributed by atoms with Gasteiger partial charge in [-0.25, -0.2) is 4.98 Å². The van der Waals surface area contributed by atoms with Crippen molar-refractivity contribution in [2.45, 2.75) is 25.4 Å². The van der Waals surface area contributed by atoms with Crippen molar-refractivity contribution in [2.75, 3.05) is 18.2 Å². The van der Waals surface area contributed by atoms with Crippen LogP contribution in [-0.4, -0.2) is 50.5 Å². The number of carbonyl (C=O) groups is 2. The van der Waals surface area contributed by atoms with Crippen LogP contribution in [0.15, 0.2) is 12.4 Å². The summed E-state index contributed by atoms with van der Waals surface area (Å²) in [5.41, 5.74) is 0. The van der Waals surface area contributed by atoms with Gasteiger partial charge in [0.1, 0.15) is 12.4 Å². The molecule has 19 heavy (non-hydrogen) atoms. The average Bonchev–Trinajstić information content (AvgIpc) is 2.98. The smallest absolute Gasteiger partial charge is 0.239 e. The van der Waals surface area contributed by atoms with Crippen LogP contribution in [0.4, 0.5) is 0 Å². The lowest BCUT2D eigenvalue weighted by atomic mass is 10.1. The van der Waals surface area contributed by atoms with E-state index in [4.69, 9.17) is 0 Å². The second kappa shape index (κ2) is 5.24. The van der Waals surface area contributed by atoms with Gasteiger partial charge in [0.05, 0.1) is 11.6 Å². The highest BCUT2D eigenvalue weighted by Gasteiger charge is 2.25. The molecular formula is C12H16N4O2S. The molecule has 1 aromatic rings. The van der Waals surface area contributed by atoms with E-state index in [0.29, 0.717) is 11.6 Å². The van der Waals surface area contributed by atoms with Crippen molar-refractivity contribution in [1.82, 2.24) is 19.8 Å². The van der Waals surface area contributed by atoms with Gasteiger partial charge in [-0.05, 0) is 6.42 Å². The highest BCUT2D eigenvalue weighted by atomic mass is 32.2. The Balaban J connectivity index is 1.52. The van der Waals surface area contributed by atoms with Crippen LogP contribution in [0, 0.1) is 0 Å². The van der Waals surface area contributed by atoms with E-state index in [-0.39, 0.29) is 24.4 Å². The molecule has 102 valence electrons. The zero-order valence-corrected chi connectivity index (χ0v) is 11.4. The molecule has 2 aliphatic heterocycles. The number of aromatic nitrogens is 2. The number of nitrogens with one attached hydrogen (secondary N) is 1. The molecule has 7 heteroatoms. The summed E-state index contributed by atoms with van der Waals surface area (Å²) in [6.45, 7) is 0.947. The first-order valence-corrected chi connectivity index (χ1v) is 7.53. The van der Waals surface area contributed by atoms with Gasteiger partial charge >= 0.3 is 0 Å². The minimum Gasteiger partial charge on any atom is -0.350 e. The lowest BCUT2D eigenvalue weighted by Gasteiger charge is -2.25. The predicted octanol–water partition coefficient (Wildman–Crippen LogP) is -0.153. The molecule has 3 heterocycles. The van der Waals surface area contributed by atoms with Gasteiger partial charge in [-0.1, -0.05) is 0 Å². The summed E-state index contributed by atoms with van der Waals surface area (Å²) >= 11 is 1.55. The predicted molar refractivity (Wildman–Crippen MR) is 71.5 cm³/mol. The maximum atomic E-state index is 11.9. The van der Waals surface area contributed by atoms with Gasteiger partial charge in [-0.15, -0.1) is 11.8 Å². The van der Waals surface area contributed by atoms with E-state index in [1.54, 1.807) is 22.9 Å². The number of fused-ring (bicyclic) bond motifs is 1. The minimum absolute atomic E-state index is 0.0562. The highest BCUT2D eigenvalue weighted by molar-refractivity contribution is 8.00. The minimum atomic E-state index is -0.0654. The molecule has 0 radical (unpaired) electrons. The molecule has 0 aliphatic carbocycles. The third kappa shape index (κ3) is 2.75. The number of hydrogen-bond donors (Lipinski definition) is 1. The first-order valence-electron chi connectivity index (χ1n) is 6.37. The Morgan fingerprint density at radius 1 is 1.58 bits per heavy atom. The number of thioether (sulfide) groups is 1. The average molecular weight is 280 g/mol. The monoisotopic (exact) mass is 280 g/mol. The van der Waals surface area contributed by atoms with Crippen LogP contribution in [0.5, 0.6) is 0 Å². The van der Waals surface area contributed by atoms with Crippen molar-refractivity contribution in [3.63, 3.8) is 0 Å². The Bertz CT molecular complexity index is 502. The summed E-state index contributed by atoms with van der Waals surface area (Å²) < 4.78 is 2.07. The van der Waals surface area contributed by atoms with Crippen LogP contribution in [0.3, 0.4) is 0 Å². The lowest BCUT2D eigenvalue weighted by Crippen LogP contribution is -2.45. The molecule has 6 nitrogen and oxygen atoms in total. The fourth-order valence-electron chi connectivity index (χ4n) is 2.47. The maximum Gasteiger partial charge on any atom is 0.239 e. The number of aryl methyl sites for hydroxylation is 1. The van der Waals surface area contributed by atoms with Crippen molar-refractivity contribution in [3.8, 4) is 0 Å². The SMILES string of the molecule is O=C(CN1CSCC1=O)NC1CCc2nccn2C1. The summed E-state index contributed by atoms with van der Waals surface area (Å²) in [7, 11) is 0. The van der Waals surface area contributed by atoms with Gasteiger partial charge in [-0.2, -0.15) is 0 Å². The first-order chi connectivity index (χ1) is 9.22. The zero-order chi connectivity index (χ0) is 13.2. The van der Waals surface area contributed by atoms with Gasteiger partial charge in [0.15, 0.2) is 0 Å². The first kappa shape index (κ1) is 12.5. The molecule has 0 spiro atoms. The second-order valence-corrected chi connectivity index (χ2v) is 5.82. The van der Waals surface area contributed by atoms with Crippen LogP contribution < -0.4 is 5.32 Å². The van der Waals surface area contributed by atoms with Crippen molar-refractivity contribution < 1.29 is 9.59 Å². The maximum absolute atomic E-state index is 11.9. The summed E-state index contributed by atoms with van der Waals surface area (Å²) in [4.78, 5) is 29.2. The molecule has 2 aliphatic rings. The lowest BCUT2D eigenvalue weighted by molar-refractivity contribution is -0.132. The molecule has 1 unspecified atom stereocenters. The van der Waals surface area contributed by atoms with Crippen molar-refractivity contribution >= 4 is 23.6 Å². The van der Waals surface area contributed by atoms with E-state index < -0.39 is 0 Å². The quantitative estimate of drug-likeness (QED) is 0.836. The van der Waals surface area contributed by atoms with E-state index in [1.807, 2.05) is 6.20 Å². The topological polar surface area (TPSA) is 67.2 Å². The third-order valence-electron chi connectivity index (χ3n) is 3.46. The van der Waals surface area contributed by atoms with Crippen molar-refractivity contribution in [2.24, 2.45) is 0 Å². The Kier molecular flexibility index (Phi) is 3.46. The Labute approximate surface area is 115 Å². The Morgan fingerprint density at radius 3 is 3.26 bits per heavy atom. The summed E-state index contributed by atoms with van der Waals surface area (Å²) in [5.74, 6) is 2.19. The Hall–Kier alpha value is -1.50. The molecular weight excluding hydrogens is 264 g/mol. The number of nitrogens with zero attached hydrogens (tertiary/aromatic N) is 3. The largest absolute Gasteiger partial charge is 0.350 e. The number of carbonyl (C=O) groups excluding carboxylic acids is 2. The summed E-state index contributed by atoms with van der Waals surface area (Å²) in [5, 5.41) is 3.01. The molecule has 0 saturated carbocycles. The number of amides is 2. The van der Waals surface area contributed by atoms with E-state index in [2.05, 4.69) is 14.9 Å². The number of hydrogen-bond acceptors (Lipinski definition) is 4. The van der Waals surface area contributed by atoms with Gasteiger partial charge in [0, 0.05) is 31.4 Å². The molecule has 3 rings (SSSR count). The second-order valence-electron chi connectivity index (χ2n) is 4.87. The molecule has 1 N–H and O–H groups in total. The molecule has 1 aromatic heterocycles. The number of rotatable bonds is 3. The van der Waals surface area contributed by atoms with Crippen molar-refractivity contribution in [3.05, 3.63) is 18.2 Å². The highest BCUT2D eigenvalue weighted by Crippen LogP contribution is 2.15. The van der Waals surface area contributed by atoms with Crippen LogP contribution in [0.1, 0.15) is 12.2 Å². The van der Waals surface area contributed by atoms with Gasteiger partial charge in [0.25, 0.3) is 0 Å². The van der Waals surface area contributed by atoms with E-state index in [0.717, 1.165) is 25.2 Å². The van der Waals surface area contributed by atoms with Gasteiger partial charge < -0.3 is 14.8 Å². The zero-order valence-electron chi connectivity index (χ0n) is 10.5. The fourth-order valence-corrected chi connectivity index (χ4v) is 3.38. The normalized spacial score (nSPS) is 22.4. The van der Waals surface area contributed by atoms with Crippen LogP contribution in [0.2, 0.25) is 0 Å².